The molecule has 0 heterocycles. The van der Waals surface area contributed by atoms with Crippen molar-refractivity contribution in [3.8, 4) is 0 Å². The first kappa shape index (κ1) is 14.9. The number of rotatable bonds is 8. The third-order valence-corrected chi connectivity index (χ3v) is 3.02. The van der Waals surface area contributed by atoms with Gasteiger partial charge < -0.3 is 4.74 Å². The van der Waals surface area contributed by atoms with Gasteiger partial charge in [0.25, 0.3) is 0 Å². The van der Waals surface area contributed by atoms with E-state index in [1.54, 1.807) is 0 Å². The average molecular weight is 248 g/mol. The summed E-state index contributed by atoms with van der Waals surface area (Å²) in [5.41, 5.74) is 2.00. The van der Waals surface area contributed by atoms with E-state index in [0.29, 0.717) is 12.5 Å². The van der Waals surface area contributed by atoms with E-state index in [4.69, 9.17) is 4.74 Å². The van der Waals surface area contributed by atoms with E-state index in [2.05, 4.69) is 20.8 Å². The summed E-state index contributed by atoms with van der Waals surface area (Å²) in [7, 11) is 0. The van der Waals surface area contributed by atoms with Crippen molar-refractivity contribution in [1.82, 2.24) is 0 Å². The first-order valence-electron chi connectivity index (χ1n) is 6.86. The van der Waals surface area contributed by atoms with Gasteiger partial charge in [-0.25, -0.2) is 0 Å². The van der Waals surface area contributed by atoms with E-state index < -0.39 is 0 Å². The Balaban J connectivity index is 2.37. The van der Waals surface area contributed by atoms with Crippen molar-refractivity contribution in [3.63, 3.8) is 0 Å². The molecule has 0 unspecified atom stereocenters. The van der Waals surface area contributed by atoms with Crippen LogP contribution in [0.3, 0.4) is 0 Å². The predicted molar refractivity (Wildman–Crippen MR) is 75.2 cm³/mol. The minimum absolute atomic E-state index is 0.0711. The fraction of sp³-hybridized carbons (Fsp3) is 0.562. The number of benzene rings is 1. The third-order valence-electron chi connectivity index (χ3n) is 3.02. The molecule has 0 aromatic heterocycles. The smallest absolute Gasteiger partial charge is 0.188 e. The lowest BCUT2D eigenvalue weighted by Crippen LogP contribution is -2.10. The third kappa shape index (κ3) is 5.01. The van der Waals surface area contributed by atoms with Crippen LogP contribution in [0, 0.1) is 0 Å². The molecular formula is C16H24O2. The molecule has 2 nitrogen and oxygen atoms in total. The standard InChI is InChI=1S/C16H24O2/c1-4-5-6-11-18-12-16(17)15-9-7-14(8-10-15)13(2)3/h7-10,13H,4-6,11-12H2,1-3H3. The van der Waals surface area contributed by atoms with Crippen LogP contribution in [0.4, 0.5) is 0 Å². The van der Waals surface area contributed by atoms with Crippen LogP contribution in [-0.4, -0.2) is 19.0 Å². The predicted octanol–water partition coefficient (Wildman–Crippen LogP) is 4.20. The quantitative estimate of drug-likeness (QED) is 0.509. The maximum absolute atomic E-state index is 11.8. The zero-order chi connectivity index (χ0) is 13.4. The van der Waals surface area contributed by atoms with E-state index in [1.165, 1.54) is 12.0 Å². The summed E-state index contributed by atoms with van der Waals surface area (Å²) in [6, 6.07) is 7.84. The molecule has 100 valence electrons. The molecular weight excluding hydrogens is 224 g/mol. The summed E-state index contributed by atoms with van der Waals surface area (Å²) in [4.78, 5) is 11.8. The number of unbranched alkanes of at least 4 members (excludes halogenated alkanes) is 2. The van der Waals surface area contributed by atoms with Gasteiger partial charge in [0.15, 0.2) is 5.78 Å². The van der Waals surface area contributed by atoms with Gasteiger partial charge in [-0.05, 0) is 17.9 Å². The van der Waals surface area contributed by atoms with Gasteiger partial charge in [0.2, 0.25) is 0 Å². The molecule has 0 aliphatic carbocycles. The SMILES string of the molecule is CCCCCOCC(=O)c1ccc(C(C)C)cc1. The topological polar surface area (TPSA) is 26.3 Å². The van der Waals surface area contributed by atoms with Crippen LogP contribution in [0.1, 0.15) is 61.9 Å². The Morgan fingerprint density at radius 2 is 1.83 bits per heavy atom. The van der Waals surface area contributed by atoms with Gasteiger partial charge in [-0.2, -0.15) is 0 Å². The first-order chi connectivity index (χ1) is 8.65. The van der Waals surface area contributed by atoms with Crippen molar-refractivity contribution in [2.24, 2.45) is 0 Å². The monoisotopic (exact) mass is 248 g/mol. The van der Waals surface area contributed by atoms with Gasteiger partial charge in [-0.1, -0.05) is 57.9 Å². The molecule has 0 N–H and O–H groups in total. The normalized spacial score (nSPS) is 10.9. The van der Waals surface area contributed by atoms with Gasteiger partial charge >= 0.3 is 0 Å². The van der Waals surface area contributed by atoms with Crippen molar-refractivity contribution in [2.45, 2.75) is 46.0 Å². The Morgan fingerprint density at radius 1 is 1.17 bits per heavy atom. The summed E-state index contributed by atoms with van der Waals surface area (Å²) in [5, 5.41) is 0. The number of hydrogen-bond donors (Lipinski definition) is 0. The molecule has 18 heavy (non-hydrogen) atoms. The van der Waals surface area contributed by atoms with Gasteiger partial charge in [0, 0.05) is 12.2 Å². The van der Waals surface area contributed by atoms with E-state index in [9.17, 15) is 4.79 Å². The molecule has 0 fully saturated rings. The zero-order valence-corrected chi connectivity index (χ0v) is 11.7. The van der Waals surface area contributed by atoms with Crippen molar-refractivity contribution in [1.29, 1.82) is 0 Å². The van der Waals surface area contributed by atoms with Gasteiger partial charge in [0.1, 0.15) is 6.61 Å². The fourth-order valence-electron chi connectivity index (χ4n) is 1.76. The number of hydrogen-bond acceptors (Lipinski definition) is 2. The second kappa shape index (κ2) is 8.04. The molecule has 1 rings (SSSR count). The second-order valence-corrected chi connectivity index (χ2v) is 4.96. The fourth-order valence-corrected chi connectivity index (χ4v) is 1.76. The summed E-state index contributed by atoms with van der Waals surface area (Å²) in [6.45, 7) is 7.33. The molecule has 1 aromatic rings. The molecule has 0 amide bonds. The highest BCUT2D eigenvalue weighted by molar-refractivity contribution is 5.97. The van der Waals surface area contributed by atoms with Gasteiger partial charge in [-0.15, -0.1) is 0 Å². The number of carbonyl (C=O) groups excluding carboxylic acids is 1. The Morgan fingerprint density at radius 3 is 2.39 bits per heavy atom. The molecule has 0 radical (unpaired) electrons. The zero-order valence-electron chi connectivity index (χ0n) is 11.7. The number of ketones is 1. The van der Waals surface area contributed by atoms with Gasteiger partial charge in [-0.3, -0.25) is 4.79 Å². The van der Waals surface area contributed by atoms with E-state index in [0.717, 1.165) is 18.4 Å². The van der Waals surface area contributed by atoms with Crippen LogP contribution in [-0.2, 0) is 4.74 Å². The van der Waals surface area contributed by atoms with Crippen molar-refractivity contribution >= 4 is 5.78 Å². The van der Waals surface area contributed by atoms with Gasteiger partial charge in [0.05, 0.1) is 0 Å². The molecule has 0 bridgehead atoms. The van der Waals surface area contributed by atoms with Crippen LogP contribution in [0.2, 0.25) is 0 Å². The molecule has 0 aliphatic heterocycles. The van der Waals surface area contributed by atoms with Crippen molar-refractivity contribution in [2.75, 3.05) is 13.2 Å². The highest BCUT2D eigenvalue weighted by Gasteiger charge is 2.06. The maximum atomic E-state index is 11.8. The molecule has 1 aromatic carbocycles. The van der Waals surface area contributed by atoms with E-state index >= 15 is 0 Å². The summed E-state index contributed by atoms with van der Waals surface area (Å²) >= 11 is 0. The Hall–Kier alpha value is -1.15. The van der Waals surface area contributed by atoms with Crippen LogP contribution >= 0.6 is 0 Å². The number of ether oxygens (including phenoxy) is 1. The van der Waals surface area contributed by atoms with E-state index in [1.807, 2.05) is 24.3 Å². The Bertz CT molecular complexity index is 352. The Labute approximate surface area is 110 Å². The maximum Gasteiger partial charge on any atom is 0.188 e. The van der Waals surface area contributed by atoms with Crippen molar-refractivity contribution < 1.29 is 9.53 Å². The summed E-state index contributed by atoms with van der Waals surface area (Å²) < 4.78 is 5.38. The summed E-state index contributed by atoms with van der Waals surface area (Å²) in [6.07, 6.45) is 3.38. The second-order valence-electron chi connectivity index (χ2n) is 4.96. The largest absolute Gasteiger partial charge is 0.373 e. The first-order valence-corrected chi connectivity index (χ1v) is 6.86. The Kier molecular flexibility index (Phi) is 6.66. The highest BCUT2D eigenvalue weighted by Crippen LogP contribution is 2.15. The molecule has 2 heteroatoms. The van der Waals surface area contributed by atoms with Crippen LogP contribution in [0.25, 0.3) is 0 Å². The van der Waals surface area contributed by atoms with E-state index in [-0.39, 0.29) is 12.4 Å². The minimum atomic E-state index is 0.0711. The lowest BCUT2D eigenvalue weighted by Gasteiger charge is -2.07. The van der Waals surface area contributed by atoms with Crippen LogP contribution in [0.15, 0.2) is 24.3 Å². The van der Waals surface area contributed by atoms with Crippen LogP contribution < -0.4 is 0 Å². The van der Waals surface area contributed by atoms with Crippen LogP contribution in [0.5, 0.6) is 0 Å². The number of Topliss-reactive ketones (excluding diaryl/α,β-unsaturated/α-hetero) is 1. The average Bonchev–Trinajstić information content (AvgIpc) is 2.38. The molecule has 0 aliphatic rings. The lowest BCUT2D eigenvalue weighted by molar-refractivity contribution is 0.0753. The highest BCUT2D eigenvalue weighted by atomic mass is 16.5. The molecule has 0 spiro atoms. The number of carbonyl (C=O) groups is 1. The molecule has 0 saturated heterocycles. The lowest BCUT2D eigenvalue weighted by atomic mass is 10.0. The minimum Gasteiger partial charge on any atom is -0.373 e. The molecule has 0 atom stereocenters. The summed E-state index contributed by atoms with van der Waals surface area (Å²) in [5.74, 6) is 0.571. The van der Waals surface area contributed by atoms with Crippen molar-refractivity contribution in [3.05, 3.63) is 35.4 Å². The molecule has 0 saturated carbocycles.